The fourth-order valence-corrected chi connectivity index (χ4v) is 1.62. The SMILES string of the molecule is O=C1CCC(=O)N1.O=C1NC(=O)c2ccccc21. The molecule has 2 heterocycles. The third kappa shape index (κ3) is 2.42. The molecule has 4 amide bonds. The van der Waals surface area contributed by atoms with E-state index in [1.54, 1.807) is 24.3 Å². The van der Waals surface area contributed by atoms with Crippen molar-refractivity contribution in [3.63, 3.8) is 0 Å². The van der Waals surface area contributed by atoms with Crippen molar-refractivity contribution in [1.29, 1.82) is 0 Å². The van der Waals surface area contributed by atoms with Gasteiger partial charge >= 0.3 is 0 Å². The molecule has 0 bridgehead atoms. The number of fused-ring (bicyclic) bond motifs is 1. The van der Waals surface area contributed by atoms with Gasteiger partial charge in [-0.25, -0.2) is 0 Å². The van der Waals surface area contributed by atoms with Crippen LogP contribution >= 0.6 is 0 Å². The quantitative estimate of drug-likeness (QED) is 0.630. The fourth-order valence-electron chi connectivity index (χ4n) is 1.62. The van der Waals surface area contributed by atoms with E-state index in [0.717, 1.165) is 0 Å². The highest BCUT2D eigenvalue weighted by Gasteiger charge is 2.25. The Kier molecular flexibility index (Phi) is 3.18. The number of carbonyl (C=O) groups excluding carboxylic acids is 4. The molecule has 0 saturated carbocycles. The van der Waals surface area contributed by atoms with Crippen molar-refractivity contribution in [2.24, 2.45) is 0 Å². The lowest BCUT2D eigenvalue weighted by Crippen LogP contribution is -2.19. The molecule has 0 radical (unpaired) electrons. The second-order valence-electron chi connectivity index (χ2n) is 3.80. The molecular weight excluding hydrogens is 236 g/mol. The number of hydrogen-bond acceptors (Lipinski definition) is 4. The average molecular weight is 246 g/mol. The molecule has 18 heavy (non-hydrogen) atoms. The summed E-state index contributed by atoms with van der Waals surface area (Å²) in [5.41, 5.74) is 0.940. The topological polar surface area (TPSA) is 92.3 Å². The third-order valence-corrected chi connectivity index (χ3v) is 2.50. The lowest BCUT2D eigenvalue weighted by atomic mass is 10.1. The second kappa shape index (κ2) is 4.79. The second-order valence-corrected chi connectivity index (χ2v) is 3.80. The van der Waals surface area contributed by atoms with E-state index in [1.165, 1.54) is 0 Å². The van der Waals surface area contributed by atoms with E-state index in [0.29, 0.717) is 24.0 Å². The molecule has 6 nitrogen and oxygen atoms in total. The van der Waals surface area contributed by atoms with Crippen LogP contribution in [0.1, 0.15) is 33.6 Å². The molecule has 1 aromatic carbocycles. The number of rotatable bonds is 0. The molecule has 3 rings (SSSR count). The van der Waals surface area contributed by atoms with Crippen molar-refractivity contribution in [2.75, 3.05) is 0 Å². The smallest absolute Gasteiger partial charge is 0.258 e. The molecule has 1 fully saturated rings. The lowest BCUT2D eigenvalue weighted by Gasteiger charge is -1.88. The maximum Gasteiger partial charge on any atom is 0.258 e. The summed E-state index contributed by atoms with van der Waals surface area (Å²) in [7, 11) is 0. The van der Waals surface area contributed by atoms with Crippen molar-refractivity contribution < 1.29 is 19.2 Å². The predicted molar refractivity (Wildman–Crippen MR) is 60.6 cm³/mol. The molecule has 2 aliphatic rings. The summed E-state index contributed by atoms with van der Waals surface area (Å²) in [6, 6.07) is 6.74. The molecule has 2 aliphatic heterocycles. The van der Waals surface area contributed by atoms with E-state index < -0.39 is 0 Å². The van der Waals surface area contributed by atoms with Crippen LogP contribution < -0.4 is 10.6 Å². The van der Waals surface area contributed by atoms with Crippen LogP contribution in [0, 0.1) is 0 Å². The summed E-state index contributed by atoms with van der Waals surface area (Å²) in [5, 5.41) is 4.34. The van der Waals surface area contributed by atoms with E-state index in [-0.39, 0.29) is 23.6 Å². The van der Waals surface area contributed by atoms with Crippen molar-refractivity contribution in [3.05, 3.63) is 35.4 Å². The van der Waals surface area contributed by atoms with E-state index in [4.69, 9.17) is 0 Å². The van der Waals surface area contributed by atoms with E-state index in [1.807, 2.05) is 0 Å². The molecule has 0 atom stereocenters. The minimum atomic E-state index is -0.300. The van der Waals surface area contributed by atoms with E-state index >= 15 is 0 Å². The zero-order valence-corrected chi connectivity index (χ0v) is 9.36. The molecule has 6 heteroatoms. The summed E-state index contributed by atoms with van der Waals surface area (Å²) < 4.78 is 0. The maximum atomic E-state index is 10.9. The van der Waals surface area contributed by atoms with Crippen LogP contribution in [-0.2, 0) is 9.59 Å². The van der Waals surface area contributed by atoms with Crippen LogP contribution in [0.15, 0.2) is 24.3 Å². The van der Waals surface area contributed by atoms with Crippen LogP contribution in [0.4, 0.5) is 0 Å². The molecule has 2 N–H and O–H groups in total. The Morgan fingerprint density at radius 3 is 1.50 bits per heavy atom. The largest absolute Gasteiger partial charge is 0.296 e. The van der Waals surface area contributed by atoms with Gasteiger partial charge in [0.05, 0.1) is 11.1 Å². The average Bonchev–Trinajstić information content (AvgIpc) is 2.85. The number of amides is 4. The van der Waals surface area contributed by atoms with Gasteiger partial charge in [0, 0.05) is 12.8 Å². The first-order chi connectivity index (χ1) is 8.58. The molecule has 0 aliphatic carbocycles. The number of imide groups is 2. The van der Waals surface area contributed by atoms with Gasteiger partial charge in [-0.3, -0.25) is 29.8 Å². The van der Waals surface area contributed by atoms with Gasteiger partial charge in [0.15, 0.2) is 0 Å². The summed E-state index contributed by atoms with van der Waals surface area (Å²) in [6.45, 7) is 0. The Labute approximate surface area is 102 Å². The van der Waals surface area contributed by atoms with Gasteiger partial charge in [0.1, 0.15) is 0 Å². The molecule has 1 aromatic rings. The van der Waals surface area contributed by atoms with Gasteiger partial charge in [-0.05, 0) is 12.1 Å². The highest BCUT2D eigenvalue weighted by molar-refractivity contribution is 6.21. The summed E-state index contributed by atoms with van der Waals surface area (Å²) >= 11 is 0. The Hall–Kier alpha value is -2.50. The van der Waals surface area contributed by atoms with Gasteiger partial charge in [-0.15, -0.1) is 0 Å². The molecule has 1 saturated heterocycles. The standard InChI is InChI=1S/C8H5NO2.C4H5NO2/c10-7-5-3-1-2-4-6(5)8(11)9-7;6-3-1-2-4(7)5-3/h1-4H,(H,9,10,11);1-2H2,(H,5,6,7). The Balaban J connectivity index is 0.000000149. The first-order valence-electron chi connectivity index (χ1n) is 5.35. The monoisotopic (exact) mass is 246 g/mol. The summed E-state index contributed by atoms with van der Waals surface area (Å²) in [6.07, 6.45) is 0.748. The first kappa shape index (κ1) is 12.0. The molecule has 0 unspecified atom stereocenters. The molecule has 0 spiro atoms. The number of carbonyl (C=O) groups is 4. The zero-order chi connectivity index (χ0) is 13.1. The highest BCUT2D eigenvalue weighted by Crippen LogP contribution is 2.13. The number of benzene rings is 1. The highest BCUT2D eigenvalue weighted by atomic mass is 16.2. The fraction of sp³-hybridized carbons (Fsp3) is 0.167. The van der Waals surface area contributed by atoms with Gasteiger partial charge in [-0.2, -0.15) is 0 Å². The zero-order valence-electron chi connectivity index (χ0n) is 9.36. The summed E-state index contributed by atoms with van der Waals surface area (Å²) in [5.74, 6) is -0.897. The number of nitrogens with one attached hydrogen (secondary N) is 2. The van der Waals surface area contributed by atoms with E-state index in [2.05, 4.69) is 10.6 Å². The van der Waals surface area contributed by atoms with E-state index in [9.17, 15) is 19.2 Å². The molecule has 92 valence electrons. The molecule has 0 aromatic heterocycles. The minimum absolute atomic E-state index is 0.148. The Morgan fingerprint density at radius 2 is 1.17 bits per heavy atom. The molecular formula is C12H10N2O4. The first-order valence-corrected chi connectivity index (χ1v) is 5.35. The Morgan fingerprint density at radius 1 is 0.722 bits per heavy atom. The maximum absolute atomic E-state index is 10.9. The van der Waals surface area contributed by atoms with Gasteiger partial charge in [0.25, 0.3) is 11.8 Å². The van der Waals surface area contributed by atoms with Crippen LogP contribution in [0.5, 0.6) is 0 Å². The van der Waals surface area contributed by atoms with Crippen LogP contribution in [0.2, 0.25) is 0 Å². The predicted octanol–water partition coefficient (Wildman–Crippen LogP) is -0.00680. The summed E-state index contributed by atoms with van der Waals surface area (Å²) in [4.78, 5) is 42.1. The normalized spacial score (nSPS) is 16.7. The van der Waals surface area contributed by atoms with Gasteiger partial charge in [-0.1, -0.05) is 12.1 Å². The Bertz CT molecular complexity index is 504. The minimum Gasteiger partial charge on any atom is -0.296 e. The van der Waals surface area contributed by atoms with Gasteiger partial charge < -0.3 is 0 Å². The lowest BCUT2D eigenvalue weighted by molar-refractivity contribution is -0.124. The van der Waals surface area contributed by atoms with Gasteiger partial charge in [0.2, 0.25) is 11.8 Å². The van der Waals surface area contributed by atoms with Crippen molar-refractivity contribution in [1.82, 2.24) is 10.6 Å². The van der Waals surface area contributed by atoms with Crippen LogP contribution in [-0.4, -0.2) is 23.6 Å². The third-order valence-electron chi connectivity index (χ3n) is 2.50. The van der Waals surface area contributed by atoms with Crippen LogP contribution in [0.25, 0.3) is 0 Å². The van der Waals surface area contributed by atoms with Crippen LogP contribution in [0.3, 0.4) is 0 Å². The van der Waals surface area contributed by atoms with Crippen molar-refractivity contribution in [2.45, 2.75) is 12.8 Å². The number of hydrogen-bond donors (Lipinski definition) is 2. The van der Waals surface area contributed by atoms with Crippen molar-refractivity contribution in [3.8, 4) is 0 Å². The van der Waals surface area contributed by atoms with Crippen molar-refractivity contribution >= 4 is 23.6 Å².